The molecule has 0 aliphatic carbocycles. The molecule has 0 aromatic heterocycles. The third-order valence-corrected chi connectivity index (χ3v) is 2.49. The number of anilines is 1. The largest absolute Gasteiger partial charge is 0.385 e. The molecule has 0 saturated carbocycles. The van der Waals surface area contributed by atoms with Gasteiger partial charge in [0.15, 0.2) is 0 Å². The fourth-order valence-electron chi connectivity index (χ4n) is 1.04. The molecular weight excluding hydrogens is 225 g/mol. The van der Waals surface area contributed by atoms with E-state index in [4.69, 9.17) is 4.55 Å². The Kier molecular flexibility index (Phi) is 7.21. The van der Waals surface area contributed by atoms with Gasteiger partial charge in [-0.3, -0.25) is 4.55 Å². The SMILES string of the molecule is O=S(=O)(O)CCCNc1ccccc1.[Na]. The van der Waals surface area contributed by atoms with Crippen molar-refractivity contribution in [3.63, 3.8) is 0 Å². The summed E-state index contributed by atoms with van der Waals surface area (Å²) in [4.78, 5) is 0. The first-order valence-corrected chi connectivity index (χ1v) is 5.93. The zero-order chi connectivity index (χ0) is 10.4. The van der Waals surface area contributed by atoms with E-state index in [9.17, 15) is 8.42 Å². The zero-order valence-electron chi connectivity index (χ0n) is 8.68. The normalized spacial score (nSPS) is 10.5. The molecule has 0 fully saturated rings. The van der Waals surface area contributed by atoms with E-state index < -0.39 is 10.1 Å². The molecule has 1 aromatic rings. The van der Waals surface area contributed by atoms with Crippen LogP contribution in [-0.4, -0.2) is 54.8 Å². The van der Waals surface area contributed by atoms with Crippen LogP contribution in [0.4, 0.5) is 5.69 Å². The summed E-state index contributed by atoms with van der Waals surface area (Å²) in [6.45, 7) is 0.532. The molecule has 0 spiro atoms. The predicted molar refractivity (Wildman–Crippen MR) is 61.7 cm³/mol. The summed E-state index contributed by atoms with van der Waals surface area (Å²) in [5, 5.41) is 3.04. The summed E-state index contributed by atoms with van der Waals surface area (Å²) in [6.07, 6.45) is 0.397. The molecule has 0 heterocycles. The molecule has 0 aliphatic heterocycles. The van der Waals surface area contributed by atoms with Gasteiger partial charge in [-0.05, 0) is 18.6 Å². The summed E-state index contributed by atoms with van der Waals surface area (Å²) in [7, 11) is -3.82. The second kappa shape index (κ2) is 7.24. The Morgan fingerprint density at radius 3 is 2.33 bits per heavy atom. The third kappa shape index (κ3) is 7.81. The van der Waals surface area contributed by atoms with Gasteiger partial charge in [-0.1, -0.05) is 18.2 Å². The number of para-hydroxylation sites is 1. The monoisotopic (exact) mass is 238 g/mol. The van der Waals surface area contributed by atoms with Crippen LogP contribution < -0.4 is 5.32 Å². The molecular formula is C9H13NNaO3S. The van der Waals surface area contributed by atoms with E-state index in [2.05, 4.69) is 5.32 Å². The van der Waals surface area contributed by atoms with Crippen molar-refractivity contribution < 1.29 is 13.0 Å². The molecule has 2 N–H and O–H groups in total. The Bertz CT molecular complexity index is 366. The molecule has 0 unspecified atom stereocenters. The van der Waals surface area contributed by atoms with Crippen molar-refractivity contribution in [1.82, 2.24) is 0 Å². The first-order chi connectivity index (χ1) is 6.58. The number of benzene rings is 1. The van der Waals surface area contributed by atoms with Crippen LogP contribution in [0.25, 0.3) is 0 Å². The first kappa shape index (κ1) is 14.9. The van der Waals surface area contributed by atoms with E-state index >= 15 is 0 Å². The van der Waals surface area contributed by atoms with Crippen LogP contribution in [-0.2, 0) is 10.1 Å². The van der Waals surface area contributed by atoms with Gasteiger partial charge >= 0.3 is 0 Å². The molecule has 0 saturated heterocycles. The predicted octanol–water partition coefficient (Wildman–Crippen LogP) is 0.996. The minimum Gasteiger partial charge on any atom is -0.385 e. The maximum absolute atomic E-state index is 10.4. The van der Waals surface area contributed by atoms with Gasteiger partial charge in [0.05, 0.1) is 5.75 Å². The molecule has 0 aliphatic rings. The van der Waals surface area contributed by atoms with Gasteiger partial charge in [0.2, 0.25) is 0 Å². The maximum Gasteiger partial charge on any atom is 0.264 e. The molecule has 1 radical (unpaired) electrons. The molecule has 0 bridgehead atoms. The van der Waals surface area contributed by atoms with Gasteiger partial charge in [-0.15, -0.1) is 0 Å². The van der Waals surface area contributed by atoms with E-state index in [0.717, 1.165) is 5.69 Å². The van der Waals surface area contributed by atoms with Crippen LogP contribution in [0.1, 0.15) is 6.42 Å². The van der Waals surface area contributed by atoms with Crippen molar-refractivity contribution in [2.75, 3.05) is 17.6 Å². The van der Waals surface area contributed by atoms with Crippen LogP contribution in [0.3, 0.4) is 0 Å². The van der Waals surface area contributed by atoms with Crippen molar-refractivity contribution in [2.45, 2.75) is 6.42 Å². The van der Waals surface area contributed by atoms with Crippen LogP contribution in [0, 0.1) is 0 Å². The van der Waals surface area contributed by atoms with Gasteiger partial charge in [0.1, 0.15) is 0 Å². The van der Waals surface area contributed by atoms with Crippen molar-refractivity contribution in [1.29, 1.82) is 0 Å². The van der Waals surface area contributed by atoms with Gasteiger partial charge in [0.25, 0.3) is 10.1 Å². The van der Waals surface area contributed by atoms with Crippen molar-refractivity contribution in [3.8, 4) is 0 Å². The van der Waals surface area contributed by atoms with E-state index in [1.807, 2.05) is 30.3 Å². The summed E-state index contributed by atoms with van der Waals surface area (Å²) < 4.78 is 29.2. The number of nitrogens with one attached hydrogen (secondary N) is 1. The quantitative estimate of drug-likeness (QED) is 0.456. The molecule has 79 valence electrons. The Morgan fingerprint density at radius 2 is 1.80 bits per heavy atom. The molecule has 1 rings (SSSR count). The molecule has 15 heavy (non-hydrogen) atoms. The second-order valence-electron chi connectivity index (χ2n) is 2.93. The van der Waals surface area contributed by atoms with Gasteiger partial charge in [0, 0.05) is 41.8 Å². The minimum atomic E-state index is -3.82. The summed E-state index contributed by atoms with van der Waals surface area (Å²) in [5.74, 6) is -0.202. The van der Waals surface area contributed by atoms with Crippen LogP contribution in [0.15, 0.2) is 30.3 Å². The van der Waals surface area contributed by atoms with E-state index in [0.29, 0.717) is 13.0 Å². The molecule has 4 nitrogen and oxygen atoms in total. The third-order valence-electron chi connectivity index (χ3n) is 1.68. The average molecular weight is 238 g/mol. The summed E-state index contributed by atoms with van der Waals surface area (Å²) >= 11 is 0. The summed E-state index contributed by atoms with van der Waals surface area (Å²) in [6, 6.07) is 9.49. The number of hydrogen-bond acceptors (Lipinski definition) is 3. The Morgan fingerprint density at radius 1 is 1.20 bits per heavy atom. The standard InChI is InChI=1S/C9H13NO3S.Na/c11-14(12,13)8-4-7-10-9-5-2-1-3-6-9;/h1-3,5-6,10H,4,7-8H2,(H,11,12,13);. The number of hydrogen-bond donors (Lipinski definition) is 2. The van der Waals surface area contributed by atoms with Crippen molar-refractivity contribution in [3.05, 3.63) is 30.3 Å². The summed E-state index contributed by atoms with van der Waals surface area (Å²) in [5.41, 5.74) is 0.947. The topological polar surface area (TPSA) is 66.4 Å². The average Bonchev–Trinajstić information content (AvgIpc) is 2.13. The van der Waals surface area contributed by atoms with E-state index in [1.54, 1.807) is 0 Å². The minimum absolute atomic E-state index is 0. The Hall–Kier alpha value is -0.0700. The fourth-order valence-corrected chi connectivity index (χ4v) is 1.55. The second-order valence-corrected chi connectivity index (χ2v) is 4.50. The number of rotatable bonds is 5. The van der Waals surface area contributed by atoms with Gasteiger partial charge < -0.3 is 5.32 Å². The van der Waals surface area contributed by atoms with Crippen molar-refractivity contribution >= 4 is 45.4 Å². The Labute approximate surface area is 112 Å². The molecule has 6 heteroatoms. The zero-order valence-corrected chi connectivity index (χ0v) is 11.5. The molecule has 0 atom stereocenters. The van der Waals surface area contributed by atoms with E-state index in [-0.39, 0.29) is 35.3 Å². The Balaban J connectivity index is 0.00000196. The molecule has 0 amide bonds. The van der Waals surface area contributed by atoms with Crippen molar-refractivity contribution in [2.24, 2.45) is 0 Å². The van der Waals surface area contributed by atoms with E-state index in [1.165, 1.54) is 0 Å². The van der Waals surface area contributed by atoms with Crippen LogP contribution in [0.5, 0.6) is 0 Å². The smallest absolute Gasteiger partial charge is 0.264 e. The fraction of sp³-hybridized carbons (Fsp3) is 0.333. The van der Waals surface area contributed by atoms with Gasteiger partial charge in [-0.25, -0.2) is 0 Å². The van der Waals surface area contributed by atoms with Crippen LogP contribution in [0.2, 0.25) is 0 Å². The van der Waals surface area contributed by atoms with Crippen LogP contribution >= 0.6 is 0 Å². The first-order valence-electron chi connectivity index (χ1n) is 4.32. The molecule has 1 aromatic carbocycles. The van der Waals surface area contributed by atoms with Gasteiger partial charge in [-0.2, -0.15) is 8.42 Å². The maximum atomic E-state index is 10.4.